The molecule has 0 radical (unpaired) electrons. The van der Waals surface area contributed by atoms with Crippen molar-refractivity contribution in [2.75, 3.05) is 25.0 Å². The zero-order chi connectivity index (χ0) is 22.5. The fourth-order valence-electron chi connectivity index (χ4n) is 4.13. The monoisotopic (exact) mass is 445 g/mol. The highest BCUT2D eigenvalue weighted by Crippen LogP contribution is 2.33. The summed E-state index contributed by atoms with van der Waals surface area (Å²) in [7, 11) is 0. The number of rotatable bonds is 2. The van der Waals surface area contributed by atoms with Gasteiger partial charge in [0.15, 0.2) is 12.3 Å². The van der Waals surface area contributed by atoms with Gasteiger partial charge in [0.1, 0.15) is 11.6 Å². The highest BCUT2D eigenvalue weighted by atomic mass is 19.4. The number of alkyl halides is 3. The lowest BCUT2D eigenvalue weighted by molar-refractivity contribution is -0.137. The molecule has 2 amide bonds. The summed E-state index contributed by atoms with van der Waals surface area (Å²) in [5.41, 5.74) is 0.361. The third kappa shape index (κ3) is 3.63. The highest BCUT2D eigenvalue weighted by Gasteiger charge is 2.33. The van der Waals surface area contributed by atoms with Gasteiger partial charge in [0.2, 0.25) is 0 Å². The number of hydrogen-bond donors (Lipinski definition) is 1. The Balaban J connectivity index is 1.40. The Hall–Kier alpha value is -3.63. The largest absolute Gasteiger partial charge is 0.482 e. The van der Waals surface area contributed by atoms with Crippen LogP contribution in [0.5, 0.6) is 5.75 Å². The number of ether oxygens (including phenoxy) is 1. The number of fused-ring (bicyclic) bond motifs is 2. The lowest BCUT2D eigenvalue weighted by Crippen LogP contribution is -2.39. The van der Waals surface area contributed by atoms with E-state index in [1.54, 1.807) is 23.1 Å². The van der Waals surface area contributed by atoms with E-state index < -0.39 is 11.7 Å². The van der Waals surface area contributed by atoms with E-state index in [0.29, 0.717) is 54.4 Å². The Morgan fingerprint density at radius 2 is 2.03 bits per heavy atom. The second-order valence-electron chi connectivity index (χ2n) is 7.84. The topological polar surface area (TPSA) is 88.8 Å². The molecule has 2 aliphatic heterocycles. The van der Waals surface area contributed by atoms with Gasteiger partial charge in [0, 0.05) is 30.8 Å². The highest BCUT2D eigenvalue weighted by molar-refractivity contribution is 5.99. The van der Waals surface area contributed by atoms with E-state index in [4.69, 9.17) is 4.74 Å². The second kappa shape index (κ2) is 7.50. The third-order valence-corrected chi connectivity index (χ3v) is 5.69. The van der Waals surface area contributed by atoms with E-state index in [1.807, 2.05) is 0 Å². The maximum atomic E-state index is 13.2. The molecule has 2 aromatic heterocycles. The van der Waals surface area contributed by atoms with Crippen LogP contribution in [-0.2, 0) is 11.0 Å². The molecule has 0 spiro atoms. The van der Waals surface area contributed by atoms with Crippen LogP contribution in [0.4, 0.5) is 18.9 Å². The summed E-state index contributed by atoms with van der Waals surface area (Å²) in [6.07, 6.45) is -2.13. The average Bonchev–Trinajstić information content (AvgIpc) is 3.21. The Morgan fingerprint density at radius 3 is 2.84 bits per heavy atom. The van der Waals surface area contributed by atoms with Gasteiger partial charge in [0.05, 0.1) is 11.3 Å². The number of carbonyl (C=O) groups is 2. The molecule has 166 valence electrons. The van der Waals surface area contributed by atoms with E-state index in [2.05, 4.69) is 15.5 Å². The standard InChI is InChI=1S/C21H18F3N5O3/c22-21(23,24)14-4-6-17-26-27-19(29(17)10-14)13-2-1-7-28(9-13)20(31)12-3-5-16-15(8-12)25-18(30)11-32-16/h3-6,8,10,13H,1-2,7,9,11H2,(H,25,30). The number of nitrogens with zero attached hydrogens (tertiary/aromatic N) is 4. The molecule has 32 heavy (non-hydrogen) atoms. The molecule has 3 aromatic rings. The first kappa shape index (κ1) is 20.3. The van der Waals surface area contributed by atoms with Gasteiger partial charge < -0.3 is 15.0 Å². The molecule has 2 aliphatic rings. The Kier molecular flexibility index (Phi) is 4.75. The number of pyridine rings is 1. The van der Waals surface area contributed by atoms with Gasteiger partial charge in [-0.15, -0.1) is 10.2 Å². The summed E-state index contributed by atoms with van der Waals surface area (Å²) >= 11 is 0. The number of likely N-dealkylation sites (tertiary alicyclic amines) is 1. The van der Waals surface area contributed by atoms with E-state index in [0.717, 1.165) is 12.3 Å². The van der Waals surface area contributed by atoms with Gasteiger partial charge in [-0.25, -0.2) is 0 Å². The molecule has 1 saturated heterocycles. The van der Waals surface area contributed by atoms with Crippen LogP contribution in [0, 0.1) is 0 Å². The van der Waals surface area contributed by atoms with Gasteiger partial charge in [0.25, 0.3) is 11.8 Å². The minimum Gasteiger partial charge on any atom is -0.482 e. The molecular weight excluding hydrogens is 427 g/mol. The number of amides is 2. The number of carbonyl (C=O) groups excluding carboxylic acids is 2. The fourth-order valence-corrected chi connectivity index (χ4v) is 4.13. The quantitative estimate of drug-likeness (QED) is 0.655. The van der Waals surface area contributed by atoms with Crippen LogP contribution in [0.15, 0.2) is 36.5 Å². The molecule has 1 unspecified atom stereocenters. The molecule has 1 atom stereocenters. The first-order valence-electron chi connectivity index (χ1n) is 10.1. The lowest BCUT2D eigenvalue weighted by atomic mass is 9.96. The molecule has 0 aliphatic carbocycles. The van der Waals surface area contributed by atoms with E-state index >= 15 is 0 Å². The van der Waals surface area contributed by atoms with Crippen molar-refractivity contribution in [3.63, 3.8) is 0 Å². The SMILES string of the molecule is O=C1COc2ccc(C(=O)N3CCCC(c4nnc5ccc(C(F)(F)F)cn45)C3)cc2N1. The van der Waals surface area contributed by atoms with Crippen molar-refractivity contribution < 1.29 is 27.5 Å². The number of halogens is 3. The molecule has 11 heteroatoms. The number of nitrogens with one attached hydrogen (secondary N) is 1. The van der Waals surface area contributed by atoms with Gasteiger partial charge >= 0.3 is 6.18 Å². The van der Waals surface area contributed by atoms with Crippen LogP contribution in [0.3, 0.4) is 0 Å². The van der Waals surface area contributed by atoms with Crippen LogP contribution >= 0.6 is 0 Å². The summed E-state index contributed by atoms with van der Waals surface area (Å²) in [5, 5.41) is 10.8. The predicted octanol–water partition coefficient (Wildman–Crippen LogP) is 3.10. The van der Waals surface area contributed by atoms with Crippen LogP contribution in [0.25, 0.3) is 5.65 Å². The van der Waals surface area contributed by atoms with Gasteiger partial charge in [-0.2, -0.15) is 13.2 Å². The smallest absolute Gasteiger partial charge is 0.417 e. The normalized spacial score (nSPS) is 18.8. The summed E-state index contributed by atoms with van der Waals surface area (Å²) in [6.45, 7) is 0.742. The Morgan fingerprint density at radius 1 is 1.19 bits per heavy atom. The molecule has 1 fully saturated rings. The summed E-state index contributed by atoms with van der Waals surface area (Å²) < 4.78 is 46.1. The van der Waals surface area contributed by atoms with E-state index in [1.165, 1.54) is 10.5 Å². The number of hydrogen-bond acceptors (Lipinski definition) is 5. The van der Waals surface area contributed by atoms with Crippen molar-refractivity contribution in [1.82, 2.24) is 19.5 Å². The first-order chi connectivity index (χ1) is 15.3. The number of piperidine rings is 1. The maximum Gasteiger partial charge on any atom is 0.417 e. The molecule has 1 aromatic carbocycles. The third-order valence-electron chi connectivity index (χ3n) is 5.69. The minimum absolute atomic E-state index is 0.0730. The van der Waals surface area contributed by atoms with Crippen molar-refractivity contribution in [2.24, 2.45) is 0 Å². The fraction of sp³-hybridized carbons (Fsp3) is 0.333. The van der Waals surface area contributed by atoms with Crippen LogP contribution in [0.2, 0.25) is 0 Å². The molecule has 0 bridgehead atoms. The zero-order valence-electron chi connectivity index (χ0n) is 16.7. The molecule has 1 N–H and O–H groups in total. The molecule has 8 nitrogen and oxygen atoms in total. The lowest BCUT2D eigenvalue weighted by Gasteiger charge is -2.32. The van der Waals surface area contributed by atoms with Crippen molar-refractivity contribution in [3.05, 3.63) is 53.5 Å². The first-order valence-corrected chi connectivity index (χ1v) is 10.1. The van der Waals surface area contributed by atoms with Crippen LogP contribution in [-0.4, -0.2) is 51.0 Å². The van der Waals surface area contributed by atoms with Gasteiger partial charge in [-0.05, 0) is 43.2 Å². The maximum absolute atomic E-state index is 13.2. The summed E-state index contributed by atoms with van der Waals surface area (Å²) in [4.78, 5) is 26.3. The average molecular weight is 445 g/mol. The molecular formula is C21H18F3N5O3. The Bertz CT molecular complexity index is 1220. The minimum atomic E-state index is -4.48. The zero-order valence-corrected chi connectivity index (χ0v) is 16.7. The van der Waals surface area contributed by atoms with Crippen LogP contribution < -0.4 is 10.1 Å². The number of benzene rings is 1. The molecule has 4 heterocycles. The molecule has 0 saturated carbocycles. The summed E-state index contributed by atoms with van der Waals surface area (Å²) in [6, 6.07) is 7.09. The molecule has 5 rings (SSSR count). The van der Waals surface area contributed by atoms with Crippen molar-refractivity contribution in [3.8, 4) is 5.75 Å². The predicted molar refractivity (Wildman–Crippen MR) is 106 cm³/mol. The Labute approximate surface area is 180 Å². The van der Waals surface area contributed by atoms with E-state index in [9.17, 15) is 22.8 Å². The van der Waals surface area contributed by atoms with Gasteiger partial charge in [-0.1, -0.05) is 0 Å². The van der Waals surface area contributed by atoms with Crippen LogP contribution in [0.1, 0.15) is 40.5 Å². The van der Waals surface area contributed by atoms with Crippen molar-refractivity contribution in [2.45, 2.75) is 24.9 Å². The number of aromatic nitrogens is 3. The number of anilines is 1. The van der Waals surface area contributed by atoms with E-state index in [-0.39, 0.29) is 24.3 Å². The van der Waals surface area contributed by atoms with Crippen molar-refractivity contribution >= 4 is 23.1 Å². The summed E-state index contributed by atoms with van der Waals surface area (Å²) in [5.74, 6) is 0.105. The second-order valence-corrected chi connectivity index (χ2v) is 7.84. The van der Waals surface area contributed by atoms with Crippen molar-refractivity contribution in [1.29, 1.82) is 0 Å². The van der Waals surface area contributed by atoms with Gasteiger partial charge in [-0.3, -0.25) is 14.0 Å².